The Morgan fingerprint density at radius 3 is 2.75 bits per heavy atom. The van der Waals surface area contributed by atoms with Crippen LogP contribution in [0.15, 0.2) is 35.9 Å². The van der Waals surface area contributed by atoms with Gasteiger partial charge < -0.3 is 10.1 Å². The molecule has 1 saturated heterocycles. The van der Waals surface area contributed by atoms with E-state index in [9.17, 15) is 9.59 Å². The van der Waals surface area contributed by atoms with Crippen LogP contribution in [0.3, 0.4) is 0 Å². The van der Waals surface area contributed by atoms with E-state index in [0.717, 1.165) is 5.69 Å². The first-order valence-corrected chi connectivity index (χ1v) is 8.31. The average molecular weight is 328 g/mol. The van der Waals surface area contributed by atoms with Crippen molar-refractivity contribution in [3.63, 3.8) is 0 Å². The molecule has 24 heavy (non-hydrogen) atoms. The second kappa shape index (κ2) is 5.96. The largest absolute Gasteiger partial charge is 0.447 e. The molecular weight excluding hydrogens is 304 g/mol. The molecule has 2 aliphatic rings. The molecule has 1 aliphatic heterocycles. The van der Waals surface area contributed by atoms with Gasteiger partial charge in [0.2, 0.25) is 5.91 Å². The minimum Gasteiger partial charge on any atom is -0.447 e. The van der Waals surface area contributed by atoms with Crippen LogP contribution in [0.4, 0.5) is 16.2 Å². The summed E-state index contributed by atoms with van der Waals surface area (Å²) in [6.07, 6.45) is 1.84. The Hall–Kier alpha value is -2.30. The Bertz CT molecular complexity index is 704. The van der Waals surface area contributed by atoms with Crippen LogP contribution >= 0.6 is 0 Å². The molecule has 0 radical (unpaired) electrons. The van der Waals surface area contributed by atoms with Crippen molar-refractivity contribution >= 4 is 23.4 Å². The quantitative estimate of drug-likeness (QED) is 0.855. The van der Waals surface area contributed by atoms with Gasteiger partial charge in [-0.25, -0.2) is 4.79 Å². The first-order chi connectivity index (χ1) is 11.3. The summed E-state index contributed by atoms with van der Waals surface area (Å²) < 4.78 is 4.96. The van der Waals surface area contributed by atoms with Gasteiger partial charge in [-0.3, -0.25) is 9.69 Å². The molecule has 128 valence electrons. The lowest BCUT2D eigenvalue weighted by Gasteiger charge is -2.14. The summed E-state index contributed by atoms with van der Waals surface area (Å²) in [4.78, 5) is 25.9. The van der Waals surface area contributed by atoms with Gasteiger partial charge in [-0.05, 0) is 43.4 Å². The smallest absolute Gasteiger partial charge is 0.414 e. The van der Waals surface area contributed by atoms with Gasteiger partial charge in [-0.2, -0.15) is 0 Å². The zero-order chi connectivity index (χ0) is 17.5. The second-order valence-electron chi connectivity index (χ2n) is 7.37. The van der Waals surface area contributed by atoms with Crippen LogP contribution in [0.1, 0.15) is 27.7 Å². The highest BCUT2D eigenvalue weighted by atomic mass is 16.6. The minimum atomic E-state index is -0.342. The molecule has 3 rings (SSSR count). The number of cyclic esters (lactones) is 1. The minimum absolute atomic E-state index is 0.0161. The molecule has 2 atom stereocenters. The lowest BCUT2D eigenvalue weighted by atomic mass is 10.1. The van der Waals surface area contributed by atoms with Crippen molar-refractivity contribution in [2.45, 2.75) is 27.7 Å². The van der Waals surface area contributed by atoms with Crippen LogP contribution in [0.25, 0.3) is 0 Å². The number of carbonyl (C=O) groups is 2. The molecule has 2 unspecified atom stereocenters. The number of amides is 2. The van der Waals surface area contributed by atoms with Gasteiger partial charge in [0.25, 0.3) is 0 Å². The predicted octanol–water partition coefficient (Wildman–Crippen LogP) is 3.82. The van der Waals surface area contributed by atoms with Crippen molar-refractivity contribution in [2.75, 3.05) is 23.4 Å². The maximum atomic E-state index is 12.6. The zero-order valence-electron chi connectivity index (χ0n) is 14.6. The Kier molecular flexibility index (Phi) is 4.11. The van der Waals surface area contributed by atoms with Gasteiger partial charge in [-0.1, -0.05) is 31.6 Å². The fourth-order valence-corrected chi connectivity index (χ4v) is 3.45. The van der Waals surface area contributed by atoms with Crippen LogP contribution in [0.2, 0.25) is 0 Å². The van der Waals surface area contributed by atoms with E-state index >= 15 is 0 Å². The number of carbonyl (C=O) groups excluding carboxylic acids is 2. The van der Waals surface area contributed by atoms with E-state index < -0.39 is 0 Å². The molecule has 1 aliphatic carbocycles. The van der Waals surface area contributed by atoms with Gasteiger partial charge in [0.15, 0.2) is 0 Å². The molecule has 2 amide bonds. The van der Waals surface area contributed by atoms with E-state index in [4.69, 9.17) is 4.74 Å². The summed E-state index contributed by atoms with van der Waals surface area (Å²) >= 11 is 0. The number of anilines is 2. The van der Waals surface area contributed by atoms with Crippen molar-refractivity contribution in [3.05, 3.63) is 35.9 Å². The molecule has 1 aromatic rings. The third-order valence-electron chi connectivity index (χ3n) is 4.89. The van der Waals surface area contributed by atoms with Crippen molar-refractivity contribution in [1.82, 2.24) is 0 Å². The van der Waals surface area contributed by atoms with E-state index in [2.05, 4.69) is 39.1 Å². The highest BCUT2D eigenvalue weighted by molar-refractivity contribution is 5.97. The SMILES string of the molecule is CC(C)=CC1C(C(=O)Nc2cccc(N3CCOC3=O)c2)C1(C)C. The Morgan fingerprint density at radius 1 is 1.38 bits per heavy atom. The molecular formula is C19H24N2O3. The maximum absolute atomic E-state index is 12.6. The fraction of sp³-hybridized carbons (Fsp3) is 0.474. The summed E-state index contributed by atoms with van der Waals surface area (Å²) in [7, 11) is 0. The van der Waals surface area contributed by atoms with Gasteiger partial charge in [-0.15, -0.1) is 0 Å². The van der Waals surface area contributed by atoms with Crippen LogP contribution in [-0.4, -0.2) is 25.2 Å². The van der Waals surface area contributed by atoms with E-state index in [1.165, 1.54) is 5.57 Å². The summed E-state index contributed by atoms with van der Waals surface area (Å²) in [5.74, 6) is 0.288. The molecule has 5 heteroatoms. The molecule has 1 aromatic carbocycles. The summed E-state index contributed by atoms with van der Waals surface area (Å²) in [6.45, 7) is 9.30. The van der Waals surface area contributed by atoms with Crippen molar-refractivity contribution in [2.24, 2.45) is 17.3 Å². The maximum Gasteiger partial charge on any atom is 0.414 e. The first-order valence-electron chi connectivity index (χ1n) is 8.31. The fourth-order valence-electron chi connectivity index (χ4n) is 3.45. The molecule has 2 fully saturated rings. The second-order valence-corrected chi connectivity index (χ2v) is 7.37. The average Bonchev–Trinajstić information content (AvgIpc) is 2.82. The van der Waals surface area contributed by atoms with Gasteiger partial charge in [0.05, 0.1) is 12.5 Å². The monoisotopic (exact) mass is 328 g/mol. The van der Waals surface area contributed by atoms with Gasteiger partial charge in [0.1, 0.15) is 6.61 Å². The summed E-state index contributed by atoms with van der Waals surface area (Å²) in [6, 6.07) is 7.33. The standard InChI is InChI=1S/C19H24N2O3/c1-12(2)10-15-16(19(15,3)4)17(22)20-13-6-5-7-14(11-13)21-8-9-24-18(21)23/h5-7,10-11,15-16H,8-9H2,1-4H3,(H,20,22). The zero-order valence-corrected chi connectivity index (χ0v) is 14.6. The van der Waals surface area contributed by atoms with Crippen molar-refractivity contribution < 1.29 is 14.3 Å². The number of nitrogens with zero attached hydrogens (tertiary/aromatic N) is 1. The summed E-state index contributed by atoms with van der Waals surface area (Å²) in [5, 5.41) is 2.99. The third kappa shape index (κ3) is 3.03. The number of allylic oxidation sites excluding steroid dienone is 2. The molecule has 0 bridgehead atoms. The van der Waals surface area contributed by atoms with E-state index in [1.54, 1.807) is 4.90 Å². The number of benzene rings is 1. The topological polar surface area (TPSA) is 58.6 Å². The van der Waals surface area contributed by atoms with Crippen LogP contribution < -0.4 is 10.2 Å². The Labute approximate surface area is 142 Å². The van der Waals surface area contributed by atoms with E-state index in [1.807, 2.05) is 24.3 Å². The van der Waals surface area contributed by atoms with E-state index in [-0.39, 0.29) is 29.3 Å². The van der Waals surface area contributed by atoms with Crippen molar-refractivity contribution in [1.29, 1.82) is 0 Å². The van der Waals surface area contributed by atoms with Gasteiger partial charge >= 0.3 is 6.09 Å². The normalized spacial score (nSPS) is 24.3. The van der Waals surface area contributed by atoms with Crippen LogP contribution in [0, 0.1) is 17.3 Å². The first kappa shape index (κ1) is 16.6. The Morgan fingerprint density at radius 2 is 2.12 bits per heavy atom. The molecule has 1 heterocycles. The van der Waals surface area contributed by atoms with Gasteiger partial charge in [0, 0.05) is 11.4 Å². The number of hydrogen-bond acceptors (Lipinski definition) is 3. The lowest BCUT2D eigenvalue weighted by molar-refractivity contribution is -0.118. The number of rotatable bonds is 4. The third-order valence-corrected chi connectivity index (χ3v) is 4.89. The number of nitrogens with one attached hydrogen (secondary N) is 1. The highest BCUT2D eigenvalue weighted by Gasteiger charge is 2.60. The molecule has 0 aromatic heterocycles. The van der Waals surface area contributed by atoms with E-state index in [0.29, 0.717) is 18.8 Å². The number of hydrogen-bond donors (Lipinski definition) is 1. The molecule has 0 spiro atoms. The molecule has 1 saturated carbocycles. The lowest BCUT2D eigenvalue weighted by Crippen LogP contribution is -2.23. The molecule has 1 N–H and O–H groups in total. The molecule has 5 nitrogen and oxygen atoms in total. The highest BCUT2D eigenvalue weighted by Crippen LogP contribution is 2.59. The summed E-state index contributed by atoms with van der Waals surface area (Å²) in [5.41, 5.74) is 2.66. The number of ether oxygens (including phenoxy) is 1. The van der Waals surface area contributed by atoms with Crippen LogP contribution in [0.5, 0.6) is 0 Å². The van der Waals surface area contributed by atoms with Crippen LogP contribution in [-0.2, 0) is 9.53 Å². The van der Waals surface area contributed by atoms with Crippen molar-refractivity contribution in [3.8, 4) is 0 Å². The Balaban J connectivity index is 1.72. The predicted molar refractivity (Wildman–Crippen MR) is 94.0 cm³/mol.